The number of fused-ring (bicyclic) bond motifs is 1. The summed E-state index contributed by atoms with van der Waals surface area (Å²) in [4.78, 5) is 40.9. The number of aromatic nitrogens is 4. The van der Waals surface area contributed by atoms with Gasteiger partial charge < -0.3 is 10.1 Å². The Hall–Kier alpha value is -2.88. The lowest BCUT2D eigenvalue weighted by Crippen LogP contribution is -2.38. The van der Waals surface area contributed by atoms with Crippen LogP contribution in [0.1, 0.15) is 5.56 Å². The Bertz CT molecular complexity index is 1160. The van der Waals surface area contributed by atoms with Gasteiger partial charge in [0.15, 0.2) is 15.9 Å². The number of rotatable bonds is 6. The maximum atomic E-state index is 12.3. The van der Waals surface area contributed by atoms with Gasteiger partial charge in [0, 0.05) is 14.1 Å². The van der Waals surface area contributed by atoms with E-state index in [0.717, 1.165) is 15.9 Å². The second-order valence-corrected chi connectivity index (χ2v) is 7.07. The first-order valence-corrected chi connectivity index (χ1v) is 9.37. The highest BCUT2D eigenvalue weighted by Crippen LogP contribution is 2.16. The molecule has 3 aromatic rings. The number of nitrogens with one attached hydrogen (secondary N) is 1. The number of carbonyl (C=O) groups excluding carboxylic acids is 1. The zero-order valence-electron chi connectivity index (χ0n) is 15.7. The van der Waals surface area contributed by atoms with E-state index >= 15 is 0 Å². The standard InChI is InChI=1S/C18H20BrN5O4/c1-11-5-4-6-12(9-11)28-8-7-20-13(25)10-24-15-14(21-17(24)19)16(26)23(3)18(27)22(15)2/h4-6,9H,7-8,10H2,1-3H3,(H,20,25). The van der Waals surface area contributed by atoms with Gasteiger partial charge in [-0.2, -0.15) is 0 Å². The Morgan fingerprint density at radius 2 is 2.00 bits per heavy atom. The topological polar surface area (TPSA) is 100 Å². The van der Waals surface area contributed by atoms with Gasteiger partial charge >= 0.3 is 5.69 Å². The molecular formula is C18H20BrN5O4. The molecule has 0 aliphatic heterocycles. The molecule has 0 aliphatic rings. The van der Waals surface area contributed by atoms with E-state index in [4.69, 9.17) is 4.74 Å². The molecule has 1 N–H and O–H groups in total. The first kappa shape index (κ1) is 19.9. The largest absolute Gasteiger partial charge is 0.492 e. The summed E-state index contributed by atoms with van der Waals surface area (Å²) >= 11 is 3.26. The molecule has 0 bridgehead atoms. The zero-order valence-corrected chi connectivity index (χ0v) is 17.3. The average Bonchev–Trinajstić information content (AvgIpc) is 2.98. The molecule has 0 atom stereocenters. The van der Waals surface area contributed by atoms with Crippen molar-refractivity contribution in [2.75, 3.05) is 13.2 Å². The summed E-state index contributed by atoms with van der Waals surface area (Å²) in [6, 6.07) is 7.64. The van der Waals surface area contributed by atoms with Gasteiger partial charge in [-0.3, -0.25) is 23.3 Å². The number of carbonyl (C=O) groups is 1. The predicted molar refractivity (Wildman–Crippen MR) is 108 cm³/mol. The Morgan fingerprint density at radius 1 is 1.25 bits per heavy atom. The lowest BCUT2D eigenvalue weighted by molar-refractivity contribution is -0.121. The first-order chi connectivity index (χ1) is 13.3. The van der Waals surface area contributed by atoms with Crippen LogP contribution in [0.25, 0.3) is 11.2 Å². The molecule has 2 heterocycles. The summed E-state index contributed by atoms with van der Waals surface area (Å²) in [7, 11) is 2.92. The van der Waals surface area contributed by atoms with Crippen molar-refractivity contribution in [2.24, 2.45) is 14.1 Å². The molecule has 3 rings (SSSR count). The number of hydrogen-bond acceptors (Lipinski definition) is 5. The molecule has 148 valence electrons. The molecule has 0 unspecified atom stereocenters. The Morgan fingerprint density at radius 3 is 2.71 bits per heavy atom. The SMILES string of the molecule is Cc1cccc(OCCNC(=O)Cn2c(Br)nc3c(=O)n(C)c(=O)n(C)c32)c1. The van der Waals surface area contributed by atoms with Crippen LogP contribution in [0.15, 0.2) is 38.6 Å². The van der Waals surface area contributed by atoms with Gasteiger partial charge in [0.2, 0.25) is 5.91 Å². The van der Waals surface area contributed by atoms with Crippen molar-refractivity contribution >= 4 is 33.0 Å². The van der Waals surface area contributed by atoms with E-state index in [9.17, 15) is 14.4 Å². The molecule has 0 aliphatic carbocycles. The lowest BCUT2D eigenvalue weighted by Gasteiger charge is -2.11. The second-order valence-electron chi connectivity index (χ2n) is 6.36. The average molecular weight is 450 g/mol. The maximum absolute atomic E-state index is 12.3. The van der Waals surface area contributed by atoms with Gasteiger partial charge in [0.1, 0.15) is 18.9 Å². The smallest absolute Gasteiger partial charge is 0.332 e. The zero-order chi connectivity index (χ0) is 20.4. The van der Waals surface area contributed by atoms with Gasteiger partial charge in [0.25, 0.3) is 5.56 Å². The molecule has 0 fully saturated rings. The highest BCUT2D eigenvalue weighted by atomic mass is 79.9. The van der Waals surface area contributed by atoms with Crippen LogP contribution in [0.5, 0.6) is 5.75 Å². The minimum atomic E-state index is -0.510. The number of hydrogen-bond donors (Lipinski definition) is 1. The van der Waals surface area contributed by atoms with Gasteiger partial charge in [0.05, 0.1) is 6.54 Å². The third-order valence-electron chi connectivity index (χ3n) is 4.28. The number of nitrogens with zero attached hydrogens (tertiary/aromatic N) is 4. The van der Waals surface area contributed by atoms with E-state index in [1.165, 1.54) is 23.2 Å². The van der Waals surface area contributed by atoms with E-state index < -0.39 is 11.2 Å². The van der Waals surface area contributed by atoms with E-state index in [-0.39, 0.29) is 23.6 Å². The number of amides is 1. The molecule has 1 aromatic carbocycles. The molecule has 0 saturated heterocycles. The minimum Gasteiger partial charge on any atom is -0.492 e. The van der Waals surface area contributed by atoms with Gasteiger partial charge in [-0.15, -0.1) is 0 Å². The first-order valence-electron chi connectivity index (χ1n) is 8.57. The van der Waals surface area contributed by atoms with Crippen LogP contribution in [-0.4, -0.2) is 37.7 Å². The summed E-state index contributed by atoms with van der Waals surface area (Å²) in [5, 5.41) is 2.75. The number of aryl methyl sites for hydroxylation is 2. The van der Waals surface area contributed by atoms with Crippen LogP contribution < -0.4 is 21.3 Å². The summed E-state index contributed by atoms with van der Waals surface area (Å²) in [5.41, 5.74) is 0.496. The molecule has 0 spiro atoms. The molecule has 0 saturated carbocycles. The van der Waals surface area contributed by atoms with Crippen molar-refractivity contribution in [1.29, 1.82) is 0 Å². The number of benzene rings is 1. The van der Waals surface area contributed by atoms with Crippen molar-refractivity contribution in [3.63, 3.8) is 0 Å². The molecule has 9 nitrogen and oxygen atoms in total. The number of halogens is 1. The fourth-order valence-corrected chi connectivity index (χ4v) is 3.34. The summed E-state index contributed by atoms with van der Waals surface area (Å²) in [5.74, 6) is 0.449. The fraction of sp³-hybridized carbons (Fsp3) is 0.333. The van der Waals surface area contributed by atoms with Crippen molar-refractivity contribution in [2.45, 2.75) is 13.5 Å². The molecule has 1 amide bonds. The van der Waals surface area contributed by atoms with Gasteiger partial charge in [-0.05, 0) is 40.5 Å². The Kier molecular flexibility index (Phi) is 5.68. The van der Waals surface area contributed by atoms with E-state index in [0.29, 0.717) is 17.9 Å². The van der Waals surface area contributed by atoms with Crippen LogP contribution >= 0.6 is 15.9 Å². The fourth-order valence-electron chi connectivity index (χ4n) is 2.87. The van der Waals surface area contributed by atoms with Gasteiger partial charge in [-0.25, -0.2) is 9.78 Å². The predicted octanol–water partition coefficient (Wildman–Crippen LogP) is 0.700. The maximum Gasteiger partial charge on any atom is 0.332 e. The van der Waals surface area contributed by atoms with E-state index in [2.05, 4.69) is 26.2 Å². The van der Waals surface area contributed by atoms with Crippen molar-refractivity contribution < 1.29 is 9.53 Å². The van der Waals surface area contributed by atoms with Crippen molar-refractivity contribution in [3.05, 3.63) is 55.4 Å². The molecule has 2 aromatic heterocycles. The monoisotopic (exact) mass is 449 g/mol. The van der Waals surface area contributed by atoms with Crippen LogP contribution in [0, 0.1) is 6.92 Å². The summed E-state index contributed by atoms with van der Waals surface area (Å²) in [6.07, 6.45) is 0. The molecule has 10 heteroatoms. The number of ether oxygens (including phenoxy) is 1. The van der Waals surface area contributed by atoms with Crippen molar-refractivity contribution in [3.8, 4) is 5.75 Å². The quantitative estimate of drug-likeness (QED) is 0.440. The highest BCUT2D eigenvalue weighted by Gasteiger charge is 2.19. The third kappa shape index (κ3) is 3.86. The highest BCUT2D eigenvalue weighted by molar-refractivity contribution is 9.10. The summed E-state index contributed by atoms with van der Waals surface area (Å²) in [6.45, 7) is 2.52. The third-order valence-corrected chi connectivity index (χ3v) is 4.88. The van der Waals surface area contributed by atoms with E-state index in [1.807, 2.05) is 31.2 Å². The van der Waals surface area contributed by atoms with Gasteiger partial charge in [-0.1, -0.05) is 12.1 Å². The van der Waals surface area contributed by atoms with Crippen LogP contribution in [0.4, 0.5) is 0 Å². The number of imidazole rings is 1. The van der Waals surface area contributed by atoms with E-state index in [1.54, 1.807) is 0 Å². The Balaban J connectivity index is 1.69. The van der Waals surface area contributed by atoms with Crippen LogP contribution in [0.2, 0.25) is 0 Å². The summed E-state index contributed by atoms with van der Waals surface area (Å²) < 4.78 is 9.65. The van der Waals surface area contributed by atoms with Crippen LogP contribution in [0.3, 0.4) is 0 Å². The lowest BCUT2D eigenvalue weighted by atomic mass is 10.2. The normalized spacial score (nSPS) is 11.0. The second kappa shape index (κ2) is 8.01. The molecule has 0 radical (unpaired) electrons. The Labute approximate surface area is 168 Å². The molecular weight excluding hydrogens is 430 g/mol. The minimum absolute atomic E-state index is 0.0953. The van der Waals surface area contributed by atoms with Crippen molar-refractivity contribution in [1.82, 2.24) is 24.0 Å². The van der Waals surface area contributed by atoms with Crippen LogP contribution in [-0.2, 0) is 25.4 Å². The molecule has 28 heavy (non-hydrogen) atoms.